The first-order chi connectivity index (χ1) is 8.74. The van der Waals surface area contributed by atoms with Crippen LogP contribution in [0.5, 0.6) is 0 Å². The molecule has 0 saturated carbocycles. The fourth-order valence-corrected chi connectivity index (χ4v) is 2.64. The first-order valence-corrected chi connectivity index (χ1v) is 6.97. The SMILES string of the molecule is CN1CCCN(c2ccc3ncc(Br)n3n2)CC1. The molecule has 2 aromatic rings. The molecule has 1 aliphatic rings. The van der Waals surface area contributed by atoms with Crippen molar-refractivity contribution in [3.8, 4) is 0 Å². The van der Waals surface area contributed by atoms with Gasteiger partial charge in [-0.1, -0.05) is 0 Å². The maximum Gasteiger partial charge on any atom is 0.154 e. The zero-order valence-corrected chi connectivity index (χ0v) is 12.0. The Hall–Kier alpha value is -1.14. The summed E-state index contributed by atoms with van der Waals surface area (Å²) >= 11 is 3.46. The van der Waals surface area contributed by atoms with Gasteiger partial charge in [0.05, 0.1) is 6.20 Å². The third-order valence-electron chi connectivity index (χ3n) is 3.35. The highest BCUT2D eigenvalue weighted by molar-refractivity contribution is 9.10. The topological polar surface area (TPSA) is 36.7 Å². The monoisotopic (exact) mass is 309 g/mol. The van der Waals surface area contributed by atoms with Gasteiger partial charge in [0, 0.05) is 19.6 Å². The molecule has 1 saturated heterocycles. The second-order valence-electron chi connectivity index (χ2n) is 4.69. The Morgan fingerprint density at radius 3 is 2.94 bits per heavy atom. The molecule has 96 valence electrons. The molecule has 3 heterocycles. The minimum Gasteiger partial charge on any atom is -0.354 e. The van der Waals surface area contributed by atoms with E-state index >= 15 is 0 Å². The highest BCUT2D eigenvalue weighted by Crippen LogP contribution is 2.17. The van der Waals surface area contributed by atoms with Crippen LogP contribution in [0.15, 0.2) is 22.9 Å². The molecule has 0 aromatic carbocycles. The van der Waals surface area contributed by atoms with Crippen LogP contribution in [0.1, 0.15) is 6.42 Å². The predicted octanol–water partition coefficient (Wildman–Crippen LogP) is 1.63. The first kappa shape index (κ1) is 11.9. The Kier molecular flexibility index (Phi) is 3.22. The number of halogens is 1. The summed E-state index contributed by atoms with van der Waals surface area (Å²) in [5.41, 5.74) is 0.873. The highest BCUT2D eigenvalue weighted by atomic mass is 79.9. The van der Waals surface area contributed by atoms with E-state index in [9.17, 15) is 0 Å². The summed E-state index contributed by atoms with van der Waals surface area (Å²) in [6.07, 6.45) is 2.96. The average Bonchev–Trinajstić information content (AvgIpc) is 2.60. The van der Waals surface area contributed by atoms with Gasteiger partial charge < -0.3 is 9.80 Å². The summed E-state index contributed by atoms with van der Waals surface area (Å²) in [6.45, 7) is 4.34. The molecule has 0 bridgehead atoms. The van der Waals surface area contributed by atoms with Crippen LogP contribution in [0.4, 0.5) is 5.82 Å². The van der Waals surface area contributed by atoms with Crippen LogP contribution in [0.3, 0.4) is 0 Å². The second kappa shape index (κ2) is 4.85. The number of aromatic nitrogens is 3. The van der Waals surface area contributed by atoms with Crippen molar-refractivity contribution >= 4 is 27.4 Å². The van der Waals surface area contributed by atoms with Crippen molar-refractivity contribution in [2.24, 2.45) is 0 Å². The van der Waals surface area contributed by atoms with Crippen LogP contribution in [-0.2, 0) is 0 Å². The molecule has 0 amide bonds. The number of hydrogen-bond donors (Lipinski definition) is 0. The average molecular weight is 310 g/mol. The third-order valence-corrected chi connectivity index (χ3v) is 3.89. The van der Waals surface area contributed by atoms with Crippen LogP contribution >= 0.6 is 15.9 Å². The summed E-state index contributed by atoms with van der Waals surface area (Å²) in [5, 5.41) is 4.64. The number of hydrogen-bond acceptors (Lipinski definition) is 4. The lowest BCUT2D eigenvalue weighted by molar-refractivity contribution is 0.360. The quantitative estimate of drug-likeness (QED) is 0.802. The molecule has 6 heteroatoms. The van der Waals surface area contributed by atoms with Crippen molar-refractivity contribution < 1.29 is 0 Å². The number of nitrogens with zero attached hydrogens (tertiary/aromatic N) is 5. The van der Waals surface area contributed by atoms with Gasteiger partial charge in [-0.05, 0) is 48.1 Å². The van der Waals surface area contributed by atoms with Gasteiger partial charge in [-0.15, -0.1) is 5.10 Å². The lowest BCUT2D eigenvalue weighted by atomic mass is 10.4. The van der Waals surface area contributed by atoms with Crippen molar-refractivity contribution in [3.05, 3.63) is 22.9 Å². The Bertz CT molecular complexity index is 552. The Morgan fingerprint density at radius 1 is 1.17 bits per heavy atom. The summed E-state index contributed by atoms with van der Waals surface area (Å²) in [5.74, 6) is 1.02. The fraction of sp³-hybridized carbons (Fsp3) is 0.500. The van der Waals surface area contributed by atoms with Crippen LogP contribution < -0.4 is 4.90 Å². The van der Waals surface area contributed by atoms with E-state index in [0.29, 0.717) is 0 Å². The lowest BCUT2D eigenvalue weighted by Crippen LogP contribution is -2.29. The number of rotatable bonds is 1. The molecule has 0 N–H and O–H groups in total. The lowest BCUT2D eigenvalue weighted by Gasteiger charge is -2.21. The van der Waals surface area contributed by atoms with Gasteiger partial charge in [0.15, 0.2) is 5.65 Å². The summed E-state index contributed by atoms with van der Waals surface area (Å²) in [6, 6.07) is 4.07. The van der Waals surface area contributed by atoms with Crippen molar-refractivity contribution in [2.75, 3.05) is 38.1 Å². The molecule has 0 spiro atoms. The Labute approximate surface area is 115 Å². The van der Waals surface area contributed by atoms with Crippen molar-refractivity contribution in [3.63, 3.8) is 0 Å². The smallest absolute Gasteiger partial charge is 0.154 e. The number of anilines is 1. The molecule has 0 aliphatic carbocycles. The molecular weight excluding hydrogens is 294 g/mol. The van der Waals surface area contributed by atoms with Crippen molar-refractivity contribution in [2.45, 2.75) is 6.42 Å². The minimum absolute atomic E-state index is 0.873. The van der Waals surface area contributed by atoms with E-state index in [1.54, 1.807) is 6.20 Å². The largest absolute Gasteiger partial charge is 0.354 e. The molecule has 5 nitrogen and oxygen atoms in total. The molecule has 0 atom stereocenters. The predicted molar refractivity (Wildman–Crippen MR) is 75.0 cm³/mol. The zero-order valence-electron chi connectivity index (χ0n) is 10.4. The zero-order chi connectivity index (χ0) is 12.5. The Morgan fingerprint density at radius 2 is 2.06 bits per heavy atom. The van der Waals surface area contributed by atoms with E-state index in [-0.39, 0.29) is 0 Å². The van der Waals surface area contributed by atoms with Crippen LogP contribution in [0, 0.1) is 0 Å². The van der Waals surface area contributed by atoms with E-state index in [0.717, 1.165) is 42.2 Å². The van der Waals surface area contributed by atoms with Crippen molar-refractivity contribution in [1.82, 2.24) is 19.5 Å². The second-order valence-corrected chi connectivity index (χ2v) is 5.50. The van der Waals surface area contributed by atoms with Gasteiger partial charge in [-0.25, -0.2) is 9.50 Å². The van der Waals surface area contributed by atoms with Gasteiger partial charge in [0.25, 0.3) is 0 Å². The first-order valence-electron chi connectivity index (χ1n) is 6.18. The highest BCUT2D eigenvalue weighted by Gasteiger charge is 2.14. The van der Waals surface area contributed by atoms with E-state index in [1.807, 2.05) is 10.6 Å². The third kappa shape index (κ3) is 2.22. The van der Waals surface area contributed by atoms with Gasteiger partial charge in [-0.3, -0.25) is 0 Å². The molecule has 0 unspecified atom stereocenters. The van der Waals surface area contributed by atoms with E-state index < -0.39 is 0 Å². The number of likely N-dealkylation sites (N-methyl/N-ethyl adjacent to an activating group) is 1. The minimum atomic E-state index is 0.873. The molecule has 1 fully saturated rings. The van der Waals surface area contributed by atoms with Gasteiger partial charge in [0.2, 0.25) is 0 Å². The molecule has 1 aliphatic heterocycles. The summed E-state index contributed by atoms with van der Waals surface area (Å²) < 4.78 is 2.73. The molecule has 2 aromatic heterocycles. The standard InChI is InChI=1S/C12H16BrN5/c1-16-5-2-6-17(8-7-16)12-4-3-11-14-9-10(13)18(11)15-12/h3-4,9H,2,5-8H2,1H3. The van der Waals surface area contributed by atoms with Gasteiger partial charge in [0.1, 0.15) is 10.4 Å². The van der Waals surface area contributed by atoms with Gasteiger partial charge >= 0.3 is 0 Å². The van der Waals surface area contributed by atoms with E-state index in [4.69, 9.17) is 0 Å². The Balaban J connectivity index is 1.90. The van der Waals surface area contributed by atoms with E-state index in [1.165, 1.54) is 6.42 Å². The fourth-order valence-electron chi connectivity index (χ4n) is 2.28. The van der Waals surface area contributed by atoms with Crippen LogP contribution in [-0.4, -0.2) is 52.7 Å². The number of fused-ring (bicyclic) bond motifs is 1. The normalized spacial score (nSPS) is 18.2. The van der Waals surface area contributed by atoms with Crippen LogP contribution in [0.25, 0.3) is 5.65 Å². The van der Waals surface area contributed by atoms with Gasteiger partial charge in [-0.2, -0.15) is 0 Å². The number of imidazole rings is 1. The maximum absolute atomic E-state index is 4.64. The maximum atomic E-state index is 4.64. The van der Waals surface area contributed by atoms with Crippen molar-refractivity contribution in [1.29, 1.82) is 0 Å². The van der Waals surface area contributed by atoms with E-state index in [2.05, 4.69) is 48.9 Å². The summed E-state index contributed by atoms with van der Waals surface area (Å²) in [4.78, 5) is 8.97. The molecule has 3 rings (SSSR count). The summed E-state index contributed by atoms with van der Waals surface area (Å²) in [7, 11) is 2.17. The van der Waals surface area contributed by atoms with Crippen LogP contribution in [0.2, 0.25) is 0 Å². The molecular formula is C12H16BrN5. The molecule has 0 radical (unpaired) electrons. The molecule has 18 heavy (non-hydrogen) atoms.